The maximum absolute atomic E-state index is 4.73. The highest BCUT2D eigenvalue weighted by molar-refractivity contribution is 5.94. The molecule has 0 saturated heterocycles. The Hall–Kier alpha value is -1.61. The zero-order valence-corrected chi connectivity index (χ0v) is 12.6. The van der Waals surface area contributed by atoms with Gasteiger partial charge in [-0.2, -0.15) is 0 Å². The van der Waals surface area contributed by atoms with Crippen LogP contribution in [0.2, 0.25) is 0 Å². The Labute approximate surface area is 121 Å². The third-order valence-corrected chi connectivity index (χ3v) is 3.99. The molecular formula is C17H23N3. The van der Waals surface area contributed by atoms with Crippen molar-refractivity contribution in [2.45, 2.75) is 45.3 Å². The van der Waals surface area contributed by atoms with Crippen LogP contribution in [0.4, 0.5) is 5.82 Å². The predicted octanol–water partition coefficient (Wildman–Crippen LogP) is 3.33. The van der Waals surface area contributed by atoms with E-state index in [-0.39, 0.29) is 0 Å². The lowest BCUT2D eigenvalue weighted by Gasteiger charge is -2.21. The Morgan fingerprint density at radius 3 is 2.60 bits per heavy atom. The van der Waals surface area contributed by atoms with Crippen LogP contribution in [-0.2, 0) is 6.54 Å². The number of anilines is 1. The summed E-state index contributed by atoms with van der Waals surface area (Å²) in [6.07, 6.45) is 4.62. The van der Waals surface area contributed by atoms with Crippen LogP contribution >= 0.6 is 0 Å². The molecule has 1 fully saturated rings. The molecule has 0 aliphatic heterocycles. The van der Waals surface area contributed by atoms with E-state index in [1.807, 2.05) is 6.20 Å². The van der Waals surface area contributed by atoms with Crippen molar-refractivity contribution in [2.24, 2.45) is 0 Å². The van der Waals surface area contributed by atoms with Crippen molar-refractivity contribution in [3.05, 3.63) is 36.0 Å². The molecule has 1 aliphatic carbocycles. The maximum atomic E-state index is 4.73. The topological polar surface area (TPSA) is 28.2 Å². The van der Waals surface area contributed by atoms with Crippen LogP contribution in [0.15, 0.2) is 30.5 Å². The van der Waals surface area contributed by atoms with Crippen LogP contribution in [0.3, 0.4) is 0 Å². The molecule has 0 unspecified atom stereocenters. The number of nitrogens with one attached hydrogen (secondary N) is 1. The summed E-state index contributed by atoms with van der Waals surface area (Å²) in [6, 6.07) is 9.79. The summed E-state index contributed by atoms with van der Waals surface area (Å²) in [4.78, 5) is 7.07. The van der Waals surface area contributed by atoms with Crippen molar-refractivity contribution >= 4 is 16.6 Å². The van der Waals surface area contributed by atoms with Gasteiger partial charge >= 0.3 is 0 Å². The lowest BCUT2D eigenvalue weighted by molar-refractivity contribution is 0.590. The highest BCUT2D eigenvalue weighted by Gasteiger charge is 2.28. The minimum atomic E-state index is 0.488. The molecule has 2 aromatic rings. The van der Waals surface area contributed by atoms with E-state index in [1.54, 1.807) is 0 Å². The Morgan fingerprint density at radius 1 is 1.25 bits per heavy atom. The van der Waals surface area contributed by atoms with Gasteiger partial charge in [-0.25, -0.2) is 4.98 Å². The number of hydrogen-bond donors (Lipinski definition) is 1. The fourth-order valence-corrected chi connectivity index (χ4v) is 2.61. The largest absolute Gasteiger partial charge is 0.356 e. The van der Waals surface area contributed by atoms with Gasteiger partial charge < -0.3 is 10.2 Å². The van der Waals surface area contributed by atoms with Gasteiger partial charge in [-0.05, 0) is 23.8 Å². The van der Waals surface area contributed by atoms with Gasteiger partial charge in [0.2, 0.25) is 0 Å². The summed E-state index contributed by atoms with van der Waals surface area (Å²) in [5.74, 6) is 1.12. The summed E-state index contributed by atoms with van der Waals surface area (Å²) in [5.41, 5.74) is 1.28. The predicted molar refractivity (Wildman–Crippen MR) is 85.1 cm³/mol. The van der Waals surface area contributed by atoms with E-state index < -0.39 is 0 Å². The summed E-state index contributed by atoms with van der Waals surface area (Å²) >= 11 is 0. The Morgan fingerprint density at radius 2 is 1.95 bits per heavy atom. The second-order valence-electron chi connectivity index (χ2n) is 6.03. The van der Waals surface area contributed by atoms with Gasteiger partial charge in [0, 0.05) is 37.3 Å². The maximum Gasteiger partial charge on any atom is 0.136 e. The van der Waals surface area contributed by atoms with Crippen LogP contribution in [0, 0.1) is 0 Å². The average Bonchev–Trinajstić information content (AvgIpc) is 3.28. The summed E-state index contributed by atoms with van der Waals surface area (Å²) in [6.45, 7) is 5.22. The van der Waals surface area contributed by atoms with Crippen molar-refractivity contribution in [3.8, 4) is 0 Å². The molecule has 0 bridgehead atoms. The first-order valence-corrected chi connectivity index (χ1v) is 7.49. The van der Waals surface area contributed by atoms with Crippen molar-refractivity contribution in [2.75, 3.05) is 11.9 Å². The van der Waals surface area contributed by atoms with Gasteiger partial charge in [-0.15, -0.1) is 0 Å². The van der Waals surface area contributed by atoms with Crippen molar-refractivity contribution in [1.29, 1.82) is 0 Å². The first kappa shape index (κ1) is 13.4. The fourth-order valence-electron chi connectivity index (χ4n) is 2.61. The molecule has 1 N–H and O–H groups in total. The van der Waals surface area contributed by atoms with Crippen LogP contribution in [-0.4, -0.2) is 24.1 Å². The SMILES string of the molecule is CC(C)NCc1cnc(N(C)C2CC2)c2ccccc12. The molecule has 1 aromatic heterocycles. The van der Waals surface area contributed by atoms with Crippen molar-refractivity contribution < 1.29 is 0 Å². The monoisotopic (exact) mass is 269 g/mol. The van der Waals surface area contributed by atoms with Gasteiger partial charge in [0.1, 0.15) is 5.82 Å². The van der Waals surface area contributed by atoms with Gasteiger partial charge in [-0.1, -0.05) is 38.1 Å². The molecule has 1 saturated carbocycles. The zero-order chi connectivity index (χ0) is 14.1. The van der Waals surface area contributed by atoms with Gasteiger partial charge in [0.15, 0.2) is 0 Å². The number of fused-ring (bicyclic) bond motifs is 1. The van der Waals surface area contributed by atoms with Crippen molar-refractivity contribution in [3.63, 3.8) is 0 Å². The Bertz CT molecular complexity index is 602. The van der Waals surface area contributed by atoms with E-state index in [0.717, 1.165) is 12.4 Å². The van der Waals surface area contributed by atoms with E-state index in [9.17, 15) is 0 Å². The van der Waals surface area contributed by atoms with E-state index in [0.29, 0.717) is 12.1 Å². The number of benzene rings is 1. The zero-order valence-electron chi connectivity index (χ0n) is 12.6. The number of rotatable bonds is 5. The molecular weight excluding hydrogens is 246 g/mol. The molecule has 1 heterocycles. The number of pyridine rings is 1. The molecule has 3 heteroatoms. The molecule has 3 nitrogen and oxygen atoms in total. The number of aromatic nitrogens is 1. The van der Waals surface area contributed by atoms with Crippen LogP contribution in [0.1, 0.15) is 32.3 Å². The summed E-state index contributed by atoms with van der Waals surface area (Å²) in [7, 11) is 2.17. The van der Waals surface area contributed by atoms with E-state index >= 15 is 0 Å². The van der Waals surface area contributed by atoms with Gasteiger partial charge in [0.05, 0.1) is 0 Å². The third-order valence-electron chi connectivity index (χ3n) is 3.99. The molecule has 0 atom stereocenters. The van der Waals surface area contributed by atoms with Crippen LogP contribution in [0.25, 0.3) is 10.8 Å². The molecule has 3 rings (SSSR count). The molecule has 20 heavy (non-hydrogen) atoms. The highest BCUT2D eigenvalue weighted by Crippen LogP contribution is 2.33. The summed E-state index contributed by atoms with van der Waals surface area (Å²) < 4.78 is 0. The second kappa shape index (κ2) is 5.41. The summed E-state index contributed by atoms with van der Waals surface area (Å²) in [5, 5.41) is 6.07. The molecule has 106 valence electrons. The smallest absolute Gasteiger partial charge is 0.136 e. The minimum absolute atomic E-state index is 0.488. The molecule has 0 radical (unpaired) electrons. The first-order chi connectivity index (χ1) is 9.66. The second-order valence-corrected chi connectivity index (χ2v) is 6.03. The van der Waals surface area contributed by atoms with Crippen LogP contribution in [0.5, 0.6) is 0 Å². The third kappa shape index (κ3) is 2.63. The lowest BCUT2D eigenvalue weighted by atomic mass is 10.1. The standard InChI is InChI=1S/C17H23N3/c1-12(2)18-10-13-11-19-17(20(3)14-8-9-14)16-7-5-4-6-15(13)16/h4-7,11-12,14,18H,8-10H2,1-3H3. The van der Waals surface area contributed by atoms with E-state index in [2.05, 4.69) is 55.4 Å². The highest BCUT2D eigenvalue weighted by atomic mass is 15.2. The van der Waals surface area contributed by atoms with E-state index in [4.69, 9.17) is 4.98 Å². The normalized spacial score (nSPS) is 15.0. The number of hydrogen-bond acceptors (Lipinski definition) is 3. The number of nitrogens with zero attached hydrogens (tertiary/aromatic N) is 2. The molecule has 1 aliphatic rings. The first-order valence-electron chi connectivity index (χ1n) is 7.49. The Balaban J connectivity index is 2.00. The fraction of sp³-hybridized carbons (Fsp3) is 0.471. The lowest BCUT2D eigenvalue weighted by Crippen LogP contribution is -2.23. The average molecular weight is 269 g/mol. The quantitative estimate of drug-likeness (QED) is 0.902. The van der Waals surface area contributed by atoms with Gasteiger partial charge in [0.25, 0.3) is 0 Å². The van der Waals surface area contributed by atoms with Gasteiger partial charge in [-0.3, -0.25) is 0 Å². The minimum Gasteiger partial charge on any atom is -0.356 e. The molecule has 0 amide bonds. The molecule has 1 aromatic carbocycles. The van der Waals surface area contributed by atoms with Crippen LogP contribution < -0.4 is 10.2 Å². The van der Waals surface area contributed by atoms with Crippen molar-refractivity contribution in [1.82, 2.24) is 10.3 Å². The molecule has 0 spiro atoms. The van der Waals surface area contributed by atoms with E-state index in [1.165, 1.54) is 29.2 Å². The Kier molecular flexibility index (Phi) is 3.62.